The second kappa shape index (κ2) is 9.17. The maximum atomic E-state index is 14.1. The number of ether oxygens (including phenoxy) is 2. The van der Waals surface area contributed by atoms with Gasteiger partial charge in [-0.1, -0.05) is 48.5 Å². The molecule has 0 bridgehead atoms. The SMILES string of the molecule is Cc1c(F)c(F)c(F)c(OC(=O)[C@H](C)NC(=O)OCC2c3ccccc3-c3ccccc32)c1F. The van der Waals surface area contributed by atoms with Gasteiger partial charge in [-0.05, 0) is 36.1 Å². The molecular weight excluding hydrogens is 454 g/mol. The number of rotatable bonds is 5. The van der Waals surface area contributed by atoms with Gasteiger partial charge in [0, 0.05) is 11.5 Å². The molecule has 5 nitrogen and oxygen atoms in total. The first-order valence-corrected chi connectivity index (χ1v) is 10.4. The summed E-state index contributed by atoms with van der Waals surface area (Å²) in [4.78, 5) is 24.5. The van der Waals surface area contributed by atoms with Crippen LogP contribution in [0.3, 0.4) is 0 Å². The molecule has 1 atom stereocenters. The van der Waals surface area contributed by atoms with E-state index in [0.29, 0.717) is 0 Å². The molecule has 3 aromatic carbocycles. The Bertz CT molecular complexity index is 1220. The normalized spacial score (nSPS) is 13.1. The fourth-order valence-electron chi connectivity index (χ4n) is 3.88. The second-order valence-corrected chi connectivity index (χ2v) is 7.82. The molecule has 0 spiro atoms. The Hall–Kier alpha value is -3.88. The maximum absolute atomic E-state index is 14.1. The molecule has 0 radical (unpaired) electrons. The molecular formula is C25H19F4NO4. The molecule has 176 valence electrons. The van der Waals surface area contributed by atoms with Crippen LogP contribution in [0.5, 0.6) is 5.75 Å². The average Bonchev–Trinajstić information content (AvgIpc) is 3.16. The van der Waals surface area contributed by atoms with Crippen LogP contribution < -0.4 is 10.1 Å². The van der Waals surface area contributed by atoms with Crippen LogP contribution in [0, 0.1) is 30.2 Å². The minimum atomic E-state index is -1.98. The lowest BCUT2D eigenvalue weighted by molar-refractivity contribution is -0.136. The summed E-state index contributed by atoms with van der Waals surface area (Å²) in [5.74, 6) is -10.1. The fourth-order valence-corrected chi connectivity index (χ4v) is 3.88. The third kappa shape index (κ3) is 4.09. The van der Waals surface area contributed by atoms with Crippen molar-refractivity contribution in [2.24, 2.45) is 0 Å². The highest BCUT2D eigenvalue weighted by atomic mass is 19.2. The van der Waals surface area contributed by atoms with E-state index < -0.39 is 52.7 Å². The zero-order valence-corrected chi connectivity index (χ0v) is 18.1. The Morgan fingerprint density at radius 1 is 0.882 bits per heavy atom. The first-order chi connectivity index (χ1) is 16.2. The zero-order valence-electron chi connectivity index (χ0n) is 18.1. The van der Waals surface area contributed by atoms with E-state index in [1.54, 1.807) is 0 Å². The molecule has 0 saturated heterocycles. The number of fused-ring (bicyclic) bond motifs is 3. The van der Waals surface area contributed by atoms with Gasteiger partial charge in [-0.25, -0.2) is 22.8 Å². The van der Waals surface area contributed by atoms with Gasteiger partial charge >= 0.3 is 12.1 Å². The highest BCUT2D eigenvalue weighted by Crippen LogP contribution is 2.44. The molecule has 9 heteroatoms. The predicted molar refractivity (Wildman–Crippen MR) is 114 cm³/mol. The number of esters is 1. The number of hydrogen-bond donors (Lipinski definition) is 1. The lowest BCUT2D eigenvalue weighted by atomic mass is 9.98. The summed E-state index contributed by atoms with van der Waals surface area (Å²) in [6, 6.07) is 14.0. The number of alkyl carbamates (subject to hydrolysis) is 1. The van der Waals surface area contributed by atoms with Crippen LogP contribution in [0.2, 0.25) is 0 Å². The van der Waals surface area contributed by atoms with Gasteiger partial charge in [0.25, 0.3) is 0 Å². The van der Waals surface area contributed by atoms with E-state index in [4.69, 9.17) is 4.74 Å². The van der Waals surface area contributed by atoms with Gasteiger partial charge in [-0.3, -0.25) is 0 Å². The Balaban J connectivity index is 1.40. The van der Waals surface area contributed by atoms with Crippen LogP contribution >= 0.6 is 0 Å². The standard InChI is InChI=1S/C25H19F4NO4/c1-12-19(26)21(28)22(29)23(20(12)27)34-24(31)13(2)30-25(32)33-11-18-16-9-5-3-7-14(16)15-8-4-6-10-17(15)18/h3-10,13,18H,11H2,1-2H3,(H,30,32)/t13-/m0/s1. The van der Waals surface area contributed by atoms with Crippen LogP contribution in [0.1, 0.15) is 29.5 Å². The average molecular weight is 473 g/mol. The molecule has 0 saturated carbocycles. The van der Waals surface area contributed by atoms with Crippen LogP contribution in [0.4, 0.5) is 22.4 Å². The van der Waals surface area contributed by atoms with Gasteiger partial charge in [0.2, 0.25) is 11.6 Å². The lowest BCUT2D eigenvalue weighted by Gasteiger charge is -2.17. The van der Waals surface area contributed by atoms with Gasteiger partial charge < -0.3 is 14.8 Å². The first-order valence-electron chi connectivity index (χ1n) is 10.4. The fraction of sp³-hybridized carbons (Fsp3) is 0.200. The molecule has 0 aliphatic heterocycles. The van der Waals surface area contributed by atoms with E-state index >= 15 is 0 Å². The van der Waals surface area contributed by atoms with Crippen LogP contribution in [0.15, 0.2) is 48.5 Å². The lowest BCUT2D eigenvalue weighted by Crippen LogP contribution is -2.41. The topological polar surface area (TPSA) is 64.6 Å². The summed E-state index contributed by atoms with van der Waals surface area (Å²) in [5, 5.41) is 2.20. The number of carbonyl (C=O) groups is 2. The monoisotopic (exact) mass is 473 g/mol. The van der Waals surface area contributed by atoms with Crippen molar-refractivity contribution < 1.29 is 36.6 Å². The van der Waals surface area contributed by atoms with Crippen molar-refractivity contribution in [1.82, 2.24) is 5.32 Å². The smallest absolute Gasteiger partial charge is 0.407 e. The zero-order chi connectivity index (χ0) is 24.6. The van der Waals surface area contributed by atoms with Gasteiger partial charge in [-0.2, -0.15) is 4.39 Å². The largest absolute Gasteiger partial charge is 0.449 e. The number of nitrogens with one attached hydrogen (secondary N) is 1. The summed E-state index contributed by atoms with van der Waals surface area (Å²) in [7, 11) is 0. The van der Waals surface area contributed by atoms with Gasteiger partial charge in [0.05, 0.1) is 0 Å². The molecule has 3 aromatic rings. The number of carbonyl (C=O) groups excluding carboxylic acids is 2. The third-order valence-corrected chi connectivity index (χ3v) is 5.68. The van der Waals surface area contributed by atoms with Crippen molar-refractivity contribution in [2.45, 2.75) is 25.8 Å². The molecule has 1 aliphatic carbocycles. The molecule has 0 unspecified atom stereocenters. The van der Waals surface area contributed by atoms with E-state index in [1.165, 1.54) is 6.92 Å². The number of benzene rings is 3. The van der Waals surface area contributed by atoms with E-state index in [1.807, 2.05) is 48.5 Å². The van der Waals surface area contributed by atoms with Crippen LogP contribution in [0.25, 0.3) is 11.1 Å². The van der Waals surface area contributed by atoms with Gasteiger partial charge in [-0.15, -0.1) is 0 Å². The van der Waals surface area contributed by atoms with Gasteiger partial charge in [0.15, 0.2) is 17.5 Å². The Labute approximate surface area is 192 Å². The van der Waals surface area contributed by atoms with Crippen molar-refractivity contribution in [3.8, 4) is 16.9 Å². The van der Waals surface area contributed by atoms with E-state index in [-0.39, 0.29) is 12.5 Å². The maximum Gasteiger partial charge on any atom is 0.407 e. The Morgan fingerprint density at radius 2 is 1.44 bits per heavy atom. The van der Waals surface area contributed by atoms with Crippen molar-refractivity contribution in [1.29, 1.82) is 0 Å². The molecule has 1 amide bonds. The van der Waals surface area contributed by atoms with Crippen molar-refractivity contribution in [2.75, 3.05) is 6.61 Å². The first kappa shape index (κ1) is 23.3. The van der Waals surface area contributed by atoms with Crippen molar-refractivity contribution >= 4 is 12.1 Å². The van der Waals surface area contributed by atoms with Crippen molar-refractivity contribution in [3.63, 3.8) is 0 Å². The van der Waals surface area contributed by atoms with Crippen molar-refractivity contribution in [3.05, 3.63) is 88.5 Å². The number of hydrogen-bond acceptors (Lipinski definition) is 4. The Kier molecular flexibility index (Phi) is 6.28. The molecule has 0 fully saturated rings. The minimum Gasteiger partial charge on any atom is -0.449 e. The number of amides is 1. The third-order valence-electron chi connectivity index (χ3n) is 5.68. The van der Waals surface area contributed by atoms with E-state index in [9.17, 15) is 27.2 Å². The summed E-state index contributed by atoms with van der Waals surface area (Å²) in [6.07, 6.45) is -0.964. The molecule has 1 N–H and O–H groups in total. The second-order valence-electron chi connectivity index (χ2n) is 7.82. The van der Waals surface area contributed by atoms with Crippen LogP contribution in [-0.2, 0) is 9.53 Å². The highest BCUT2D eigenvalue weighted by molar-refractivity contribution is 5.83. The van der Waals surface area contributed by atoms with Crippen LogP contribution in [-0.4, -0.2) is 24.7 Å². The quantitative estimate of drug-likeness (QED) is 0.178. The molecule has 0 heterocycles. The number of halogens is 4. The molecule has 1 aliphatic rings. The van der Waals surface area contributed by atoms with Gasteiger partial charge in [0.1, 0.15) is 12.6 Å². The predicted octanol–water partition coefficient (Wildman–Crippen LogP) is 5.38. The molecule has 34 heavy (non-hydrogen) atoms. The summed E-state index contributed by atoms with van der Waals surface area (Å²) < 4.78 is 64.8. The Morgan fingerprint density at radius 3 is 2.03 bits per heavy atom. The molecule has 4 rings (SSSR count). The minimum absolute atomic E-state index is 0.0206. The summed E-state index contributed by atoms with van der Waals surface area (Å²) >= 11 is 0. The summed E-state index contributed by atoms with van der Waals surface area (Å²) in [6.45, 7) is 2.03. The van der Waals surface area contributed by atoms with E-state index in [0.717, 1.165) is 29.2 Å². The summed E-state index contributed by atoms with van der Waals surface area (Å²) in [5.41, 5.74) is 3.20. The highest BCUT2D eigenvalue weighted by Gasteiger charge is 2.31. The molecule has 0 aromatic heterocycles. The van der Waals surface area contributed by atoms with E-state index in [2.05, 4.69) is 10.1 Å².